The summed E-state index contributed by atoms with van der Waals surface area (Å²) in [5.41, 5.74) is 6.44. The van der Waals surface area contributed by atoms with Gasteiger partial charge in [-0.15, -0.1) is 0 Å². The standard InChI is InChI=1S/C23H36.2C2H6/c1-15-13-18-7-6-8-20-21(23(18,5)14-15)10-9-19-17(3)16(2)11-12-22(19,20)4;2*1-2/h15,17-19H,2,6-14H2,1,3-5H3;2*1-2H3. The summed E-state index contributed by atoms with van der Waals surface area (Å²) >= 11 is 0. The van der Waals surface area contributed by atoms with Crippen LogP contribution in [0, 0.1) is 34.5 Å². The van der Waals surface area contributed by atoms with Crippen molar-refractivity contribution in [1.82, 2.24) is 0 Å². The highest BCUT2D eigenvalue weighted by atomic mass is 14.6. The molecule has 0 heteroatoms. The van der Waals surface area contributed by atoms with Gasteiger partial charge in [0.15, 0.2) is 0 Å². The minimum atomic E-state index is 0.484. The molecule has 2 fully saturated rings. The van der Waals surface area contributed by atoms with E-state index in [2.05, 4.69) is 34.3 Å². The van der Waals surface area contributed by atoms with Crippen LogP contribution in [0.1, 0.15) is 113 Å². The van der Waals surface area contributed by atoms with Gasteiger partial charge < -0.3 is 0 Å². The summed E-state index contributed by atoms with van der Waals surface area (Å²) in [5.74, 6) is 3.51. The summed E-state index contributed by atoms with van der Waals surface area (Å²) in [7, 11) is 0. The largest absolute Gasteiger partial charge is 0.0996 e. The van der Waals surface area contributed by atoms with E-state index in [1.165, 1.54) is 63.4 Å². The van der Waals surface area contributed by atoms with Crippen molar-refractivity contribution < 1.29 is 0 Å². The average molecular weight is 373 g/mol. The van der Waals surface area contributed by atoms with Crippen LogP contribution in [0.15, 0.2) is 23.3 Å². The summed E-state index contributed by atoms with van der Waals surface area (Å²) in [5, 5.41) is 0. The topological polar surface area (TPSA) is 0 Å². The van der Waals surface area contributed by atoms with Crippen molar-refractivity contribution in [3.05, 3.63) is 23.3 Å². The average Bonchev–Trinajstić information content (AvgIpc) is 2.89. The van der Waals surface area contributed by atoms with Crippen molar-refractivity contribution in [3.8, 4) is 0 Å². The summed E-state index contributed by atoms with van der Waals surface area (Å²) in [6, 6.07) is 0. The molecule has 0 amide bonds. The zero-order chi connectivity index (χ0) is 20.4. The van der Waals surface area contributed by atoms with E-state index >= 15 is 0 Å². The maximum Gasteiger partial charge on any atom is -0.00765 e. The Balaban J connectivity index is 0.000000614. The van der Waals surface area contributed by atoms with E-state index in [4.69, 9.17) is 0 Å². The van der Waals surface area contributed by atoms with E-state index in [1.807, 2.05) is 38.8 Å². The molecule has 0 aromatic heterocycles. The Hall–Kier alpha value is -0.520. The van der Waals surface area contributed by atoms with Crippen molar-refractivity contribution in [3.63, 3.8) is 0 Å². The van der Waals surface area contributed by atoms with Crippen LogP contribution in [0.4, 0.5) is 0 Å². The molecule has 4 aliphatic rings. The van der Waals surface area contributed by atoms with Gasteiger partial charge in [-0.1, -0.05) is 78.7 Å². The molecule has 6 unspecified atom stereocenters. The summed E-state index contributed by atoms with van der Waals surface area (Å²) in [6.07, 6.45) is 12.7. The van der Waals surface area contributed by atoms with Crippen LogP contribution in [-0.2, 0) is 0 Å². The zero-order valence-corrected chi connectivity index (χ0v) is 19.9. The van der Waals surface area contributed by atoms with Gasteiger partial charge in [-0.3, -0.25) is 0 Å². The quantitative estimate of drug-likeness (QED) is 0.372. The Morgan fingerprint density at radius 1 is 0.852 bits per heavy atom. The molecule has 2 saturated carbocycles. The molecule has 0 radical (unpaired) electrons. The molecule has 6 atom stereocenters. The van der Waals surface area contributed by atoms with Gasteiger partial charge in [0.1, 0.15) is 0 Å². The molecule has 0 N–H and O–H groups in total. The molecule has 0 aromatic carbocycles. The monoisotopic (exact) mass is 372 g/mol. The number of fused-ring (bicyclic) bond motifs is 4. The first kappa shape index (κ1) is 22.8. The molecule has 0 saturated heterocycles. The van der Waals surface area contributed by atoms with Crippen LogP contribution in [0.2, 0.25) is 0 Å². The highest BCUT2D eigenvalue weighted by Crippen LogP contribution is 2.64. The summed E-state index contributed by atoms with van der Waals surface area (Å²) in [4.78, 5) is 0. The van der Waals surface area contributed by atoms with Crippen molar-refractivity contribution >= 4 is 0 Å². The first-order chi connectivity index (χ1) is 12.9. The fraction of sp³-hybridized carbons (Fsp3) is 0.852. The van der Waals surface area contributed by atoms with Crippen LogP contribution in [0.5, 0.6) is 0 Å². The molecule has 27 heavy (non-hydrogen) atoms. The summed E-state index contributed by atoms with van der Waals surface area (Å²) < 4.78 is 0. The second kappa shape index (κ2) is 8.87. The normalized spacial score (nSPS) is 43.2. The Bertz CT molecular complexity index is 552. The van der Waals surface area contributed by atoms with Crippen LogP contribution >= 0.6 is 0 Å². The van der Waals surface area contributed by atoms with Gasteiger partial charge in [-0.25, -0.2) is 0 Å². The first-order valence-corrected chi connectivity index (χ1v) is 12.3. The third kappa shape index (κ3) is 3.72. The van der Waals surface area contributed by atoms with Gasteiger partial charge in [0.25, 0.3) is 0 Å². The third-order valence-corrected chi connectivity index (χ3v) is 8.82. The van der Waals surface area contributed by atoms with Crippen molar-refractivity contribution in [1.29, 1.82) is 0 Å². The number of rotatable bonds is 0. The van der Waals surface area contributed by atoms with E-state index in [9.17, 15) is 0 Å². The van der Waals surface area contributed by atoms with Gasteiger partial charge in [-0.05, 0) is 92.3 Å². The van der Waals surface area contributed by atoms with Crippen molar-refractivity contribution in [2.45, 2.75) is 113 Å². The molecule has 4 rings (SSSR count). The lowest BCUT2D eigenvalue weighted by molar-refractivity contribution is 0.104. The molecule has 4 aliphatic carbocycles. The Morgan fingerprint density at radius 2 is 1.48 bits per heavy atom. The molecule has 0 spiro atoms. The predicted molar refractivity (Wildman–Crippen MR) is 122 cm³/mol. The van der Waals surface area contributed by atoms with Crippen molar-refractivity contribution in [2.24, 2.45) is 34.5 Å². The molecule has 0 aromatic rings. The second-order valence-corrected chi connectivity index (χ2v) is 10.0. The Kier molecular flexibility index (Phi) is 7.48. The molecule has 156 valence electrons. The highest BCUT2D eigenvalue weighted by Gasteiger charge is 2.53. The molecular formula is C27H48. The second-order valence-electron chi connectivity index (χ2n) is 10.0. The molecule has 0 heterocycles. The van der Waals surface area contributed by atoms with Gasteiger partial charge in [0, 0.05) is 0 Å². The van der Waals surface area contributed by atoms with Crippen LogP contribution < -0.4 is 0 Å². The van der Waals surface area contributed by atoms with E-state index in [0.29, 0.717) is 10.8 Å². The smallest absolute Gasteiger partial charge is 0.00765 e. The van der Waals surface area contributed by atoms with Crippen LogP contribution in [-0.4, -0.2) is 0 Å². The maximum absolute atomic E-state index is 4.40. The van der Waals surface area contributed by atoms with E-state index in [0.717, 1.165) is 23.7 Å². The molecule has 0 nitrogen and oxygen atoms in total. The lowest BCUT2D eigenvalue weighted by Gasteiger charge is -2.53. The van der Waals surface area contributed by atoms with Crippen LogP contribution in [0.3, 0.4) is 0 Å². The number of hydrogen-bond acceptors (Lipinski definition) is 0. The van der Waals surface area contributed by atoms with E-state index < -0.39 is 0 Å². The van der Waals surface area contributed by atoms with Gasteiger partial charge >= 0.3 is 0 Å². The maximum atomic E-state index is 4.40. The molecule has 0 aliphatic heterocycles. The number of hydrogen-bond donors (Lipinski definition) is 0. The zero-order valence-electron chi connectivity index (χ0n) is 19.9. The fourth-order valence-electron chi connectivity index (χ4n) is 7.53. The van der Waals surface area contributed by atoms with Gasteiger partial charge in [0.2, 0.25) is 0 Å². The van der Waals surface area contributed by atoms with Gasteiger partial charge in [-0.2, -0.15) is 0 Å². The fourth-order valence-corrected chi connectivity index (χ4v) is 7.53. The minimum Gasteiger partial charge on any atom is -0.0996 e. The summed E-state index contributed by atoms with van der Waals surface area (Å²) in [6.45, 7) is 22.7. The van der Waals surface area contributed by atoms with E-state index in [-0.39, 0.29) is 0 Å². The first-order valence-electron chi connectivity index (χ1n) is 12.3. The SMILES string of the molecule is C=C1CCC2(C)C3=C(CCC2C1C)C1(C)CC(C)CC1CCC3.CC.CC. The number of allylic oxidation sites excluding steroid dienone is 3. The van der Waals surface area contributed by atoms with Crippen molar-refractivity contribution in [2.75, 3.05) is 0 Å². The lowest BCUT2D eigenvalue weighted by atomic mass is 9.51. The van der Waals surface area contributed by atoms with Gasteiger partial charge in [0.05, 0.1) is 0 Å². The highest BCUT2D eigenvalue weighted by molar-refractivity contribution is 5.36. The Morgan fingerprint density at radius 3 is 2.15 bits per heavy atom. The minimum absolute atomic E-state index is 0.484. The van der Waals surface area contributed by atoms with E-state index in [1.54, 1.807) is 0 Å². The van der Waals surface area contributed by atoms with Crippen LogP contribution in [0.25, 0.3) is 0 Å². The predicted octanol–water partition coefficient (Wildman–Crippen LogP) is 8.97. The Labute approximate surface area is 171 Å². The molecular weight excluding hydrogens is 324 g/mol. The molecule has 0 bridgehead atoms. The third-order valence-electron chi connectivity index (χ3n) is 8.82. The lowest BCUT2D eigenvalue weighted by Crippen LogP contribution is -2.43.